The second kappa shape index (κ2) is 3.46. The smallest absolute Gasteiger partial charge is 0.354 e. The molecule has 0 amide bonds. The van der Waals surface area contributed by atoms with Gasteiger partial charge in [0, 0.05) is 16.3 Å². The van der Waals surface area contributed by atoms with Crippen LogP contribution >= 0.6 is 11.6 Å². The van der Waals surface area contributed by atoms with Gasteiger partial charge in [-0.3, -0.25) is 0 Å². The number of pyridine rings is 1. The number of rotatable bonds is 1. The zero-order chi connectivity index (χ0) is 12.0. The molecule has 17 heavy (non-hydrogen) atoms. The minimum atomic E-state index is -1.05. The molecule has 2 N–H and O–H groups in total. The summed E-state index contributed by atoms with van der Waals surface area (Å²) >= 11 is 6.12. The van der Waals surface area contributed by atoms with E-state index in [1.165, 1.54) is 12.3 Å². The lowest BCUT2D eigenvalue weighted by Gasteiger charge is -1.96. The van der Waals surface area contributed by atoms with Crippen molar-refractivity contribution in [3.05, 3.63) is 41.2 Å². The Hall–Kier alpha value is -2.07. The van der Waals surface area contributed by atoms with Crippen molar-refractivity contribution in [3.63, 3.8) is 0 Å². The van der Waals surface area contributed by atoms with E-state index in [0.717, 1.165) is 21.8 Å². The molecule has 2 heterocycles. The fourth-order valence-corrected chi connectivity index (χ4v) is 2.20. The maximum atomic E-state index is 10.9. The number of nitrogens with zero attached hydrogens (tertiary/aromatic N) is 1. The number of fused-ring (bicyclic) bond motifs is 3. The number of halogens is 1. The normalized spacial score (nSPS) is 11.1. The van der Waals surface area contributed by atoms with Gasteiger partial charge in [0.05, 0.1) is 16.7 Å². The summed E-state index contributed by atoms with van der Waals surface area (Å²) in [5, 5.41) is 11.1. The molecule has 0 fully saturated rings. The van der Waals surface area contributed by atoms with Crippen molar-refractivity contribution >= 4 is 39.4 Å². The predicted molar refractivity (Wildman–Crippen MR) is 65.6 cm³/mol. The van der Waals surface area contributed by atoms with Crippen LogP contribution in [0.5, 0.6) is 0 Å². The van der Waals surface area contributed by atoms with Crippen LogP contribution in [0.1, 0.15) is 10.5 Å². The van der Waals surface area contributed by atoms with Crippen molar-refractivity contribution in [2.45, 2.75) is 0 Å². The Morgan fingerprint density at radius 1 is 1.35 bits per heavy atom. The molecular weight excluding hydrogens is 240 g/mol. The summed E-state index contributed by atoms with van der Waals surface area (Å²) in [6.07, 6.45) is 1.51. The molecule has 0 aliphatic heterocycles. The topological polar surface area (TPSA) is 66.0 Å². The average molecular weight is 247 g/mol. The minimum Gasteiger partial charge on any atom is -0.477 e. The molecule has 3 aromatic rings. The second-order valence-corrected chi connectivity index (χ2v) is 4.11. The van der Waals surface area contributed by atoms with Crippen molar-refractivity contribution in [1.29, 1.82) is 0 Å². The zero-order valence-corrected chi connectivity index (χ0v) is 9.32. The van der Waals surface area contributed by atoms with Crippen molar-refractivity contribution in [3.8, 4) is 0 Å². The van der Waals surface area contributed by atoms with E-state index in [2.05, 4.69) is 9.97 Å². The molecule has 0 aliphatic rings. The fraction of sp³-hybridized carbons (Fsp3) is 0. The number of hydrogen-bond donors (Lipinski definition) is 2. The van der Waals surface area contributed by atoms with Gasteiger partial charge in [-0.05, 0) is 18.2 Å². The van der Waals surface area contributed by atoms with E-state index in [4.69, 9.17) is 16.7 Å². The van der Waals surface area contributed by atoms with Gasteiger partial charge in [0.15, 0.2) is 0 Å². The number of aromatic amines is 1. The molecule has 4 nitrogen and oxygen atoms in total. The van der Waals surface area contributed by atoms with Crippen LogP contribution in [0.2, 0.25) is 5.02 Å². The van der Waals surface area contributed by atoms with Gasteiger partial charge in [-0.1, -0.05) is 17.7 Å². The highest BCUT2D eigenvalue weighted by Gasteiger charge is 2.11. The van der Waals surface area contributed by atoms with Crippen molar-refractivity contribution in [2.75, 3.05) is 0 Å². The Kier molecular flexibility index (Phi) is 2.06. The Balaban J connectivity index is 2.48. The highest BCUT2D eigenvalue weighted by atomic mass is 35.5. The Bertz CT molecular complexity index is 749. The average Bonchev–Trinajstić information content (AvgIpc) is 2.67. The van der Waals surface area contributed by atoms with Gasteiger partial charge < -0.3 is 10.1 Å². The molecule has 0 aliphatic carbocycles. The van der Waals surface area contributed by atoms with Crippen LogP contribution in [-0.2, 0) is 0 Å². The number of carbonyl (C=O) groups is 1. The maximum Gasteiger partial charge on any atom is 0.354 e. The summed E-state index contributed by atoms with van der Waals surface area (Å²) in [5.74, 6) is -1.05. The lowest BCUT2D eigenvalue weighted by atomic mass is 10.1. The maximum absolute atomic E-state index is 10.9. The summed E-state index contributed by atoms with van der Waals surface area (Å²) in [6, 6.07) is 7.04. The van der Waals surface area contributed by atoms with Crippen molar-refractivity contribution < 1.29 is 9.90 Å². The van der Waals surface area contributed by atoms with Gasteiger partial charge in [-0.25, -0.2) is 9.78 Å². The molecule has 0 saturated carbocycles. The summed E-state index contributed by atoms with van der Waals surface area (Å²) in [7, 11) is 0. The van der Waals surface area contributed by atoms with E-state index < -0.39 is 5.97 Å². The quantitative estimate of drug-likeness (QED) is 0.693. The third kappa shape index (κ3) is 1.45. The summed E-state index contributed by atoms with van der Waals surface area (Å²) in [5.41, 5.74) is 1.66. The summed E-state index contributed by atoms with van der Waals surface area (Å²) < 4.78 is 0. The number of aromatic carboxylic acids is 1. The number of aromatic nitrogens is 2. The molecule has 0 bridgehead atoms. The van der Waals surface area contributed by atoms with Gasteiger partial charge in [-0.15, -0.1) is 0 Å². The van der Waals surface area contributed by atoms with Crippen LogP contribution in [0, 0.1) is 0 Å². The van der Waals surface area contributed by atoms with Gasteiger partial charge in [0.1, 0.15) is 5.69 Å². The lowest BCUT2D eigenvalue weighted by molar-refractivity contribution is 0.0691. The van der Waals surface area contributed by atoms with E-state index in [1.807, 2.05) is 12.1 Å². The molecule has 84 valence electrons. The minimum absolute atomic E-state index is 0.0123. The molecule has 0 radical (unpaired) electrons. The lowest BCUT2D eigenvalue weighted by Crippen LogP contribution is -1.98. The van der Waals surface area contributed by atoms with Gasteiger partial charge in [-0.2, -0.15) is 0 Å². The molecule has 5 heteroatoms. The number of benzene rings is 1. The number of H-pyrrole nitrogens is 1. The van der Waals surface area contributed by atoms with E-state index in [9.17, 15) is 4.79 Å². The second-order valence-electron chi connectivity index (χ2n) is 3.71. The monoisotopic (exact) mass is 246 g/mol. The fourth-order valence-electron chi connectivity index (χ4n) is 1.93. The predicted octanol–water partition coefficient (Wildman–Crippen LogP) is 3.07. The molecule has 0 spiro atoms. The molecule has 3 rings (SSSR count). The van der Waals surface area contributed by atoms with Crippen LogP contribution in [0.4, 0.5) is 0 Å². The van der Waals surface area contributed by atoms with E-state index in [-0.39, 0.29) is 5.69 Å². The Morgan fingerprint density at radius 2 is 2.18 bits per heavy atom. The van der Waals surface area contributed by atoms with Crippen LogP contribution in [-0.4, -0.2) is 21.0 Å². The zero-order valence-electron chi connectivity index (χ0n) is 8.57. The molecule has 2 aromatic heterocycles. The van der Waals surface area contributed by atoms with Crippen molar-refractivity contribution in [1.82, 2.24) is 9.97 Å². The molecule has 0 unspecified atom stereocenters. The summed E-state index contributed by atoms with van der Waals surface area (Å²) in [4.78, 5) is 17.9. The molecule has 0 atom stereocenters. The first-order valence-electron chi connectivity index (χ1n) is 4.96. The first kappa shape index (κ1) is 10.1. The highest BCUT2D eigenvalue weighted by molar-refractivity contribution is 6.38. The third-order valence-electron chi connectivity index (χ3n) is 2.68. The first-order valence-corrected chi connectivity index (χ1v) is 5.34. The number of carboxylic acids is 1. The van der Waals surface area contributed by atoms with Crippen LogP contribution in [0.25, 0.3) is 21.8 Å². The molecule has 0 saturated heterocycles. The van der Waals surface area contributed by atoms with Gasteiger partial charge in [0.2, 0.25) is 0 Å². The Morgan fingerprint density at radius 3 is 2.94 bits per heavy atom. The van der Waals surface area contributed by atoms with Crippen LogP contribution < -0.4 is 0 Å². The SMILES string of the molecule is O=C(O)c1cc2c(cn1)[nH]c1cccc(Cl)c12. The first-order chi connectivity index (χ1) is 8.16. The van der Waals surface area contributed by atoms with Crippen molar-refractivity contribution in [2.24, 2.45) is 0 Å². The number of carboxylic acid groups (broad SMARTS) is 1. The number of hydrogen-bond acceptors (Lipinski definition) is 2. The third-order valence-corrected chi connectivity index (χ3v) is 2.99. The Labute approximate surface area is 101 Å². The molecular formula is C12H7ClN2O2. The van der Waals surface area contributed by atoms with Crippen LogP contribution in [0.15, 0.2) is 30.5 Å². The van der Waals surface area contributed by atoms with E-state index >= 15 is 0 Å². The summed E-state index contributed by atoms with van der Waals surface area (Å²) in [6.45, 7) is 0. The highest BCUT2D eigenvalue weighted by Crippen LogP contribution is 2.31. The molecule has 1 aromatic carbocycles. The standard InChI is InChI=1S/C12H7ClN2O2/c13-7-2-1-3-8-11(7)6-4-9(12(16)17)14-5-10(6)15-8/h1-5,15H,(H,16,17). The van der Waals surface area contributed by atoms with Crippen LogP contribution in [0.3, 0.4) is 0 Å². The van der Waals surface area contributed by atoms with E-state index in [1.54, 1.807) is 6.07 Å². The number of nitrogens with one attached hydrogen (secondary N) is 1. The van der Waals surface area contributed by atoms with E-state index in [0.29, 0.717) is 5.02 Å². The van der Waals surface area contributed by atoms with Gasteiger partial charge >= 0.3 is 5.97 Å². The largest absolute Gasteiger partial charge is 0.477 e. The van der Waals surface area contributed by atoms with Gasteiger partial charge in [0.25, 0.3) is 0 Å².